The van der Waals surface area contributed by atoms with Crippen molar-refractivity contribution in [2.75, 3.05) is 25.0 Å². The summed E-state index contributed by atoms with van der Waals surface area (Å²) in [5.41, 5.74) is 7.24. The zero-order valence-electron chi connectivity index (χ0n) is 16.2. The van der Waals surface area contributed by atoms with E-state index in [1.807, 2.05) is 29.2 Å². The Kier molecular flexibility index (Phi) is 6.07. The Hall–Kier alpha value is -1.75. The molecular weight excluding hydrogens is 326 g/mol. The van der Waals surface area contributed by atoms with Gasteiger partial charge in [-0.25, -0.2) is 0 Å². The maximum absolute atomic E-state index is 12.3. The van der Waals surface area contributed by atoms with Gasteiger partial charge in [-0.1, -0.05) is 13.8 Å². The topological polar surface area (TPSA) is 67.6 Å². The maximum Gasteiger partial charge on any atom is 0.239 e. The summed E-state index contributed by atoms with van der Waals surface area (Å²) < 4.78 is 6.00. The molecule has 1 aliphatic carbocycles. The standard InChI is InChI=1S/C21H33N3O2/c1-3-21(2)14-19(22)20(25)24(15-21)13-12-23-16-8-10-18(11-9-16)26-17-6-4-5-7-17/h8-11,17,19,23H,3-7,12-15,22H2,1-2H3/t19-,21?/m0/s1. The average Bonchev–Trinajstić information content (AvgIpc) is 3.14. The molecular formula is C21H33N3O2. The minimum atomic E-state index is -0.360. The lowest BCUT2D eigenvalue weighted by molar-refractivity contribution is -0.139. The highest BCUT2D eigenvalue weighted by atomic mass is 16.5. The van der Waals surface area contributed by atoms with Gasteiger partial charge in [0.05, 0.1) is 12.1 Å². The van der Waals surface area contributed by atoms with E-state index in [4.69, 9.17) is 10.5 Å². The fourth-order valence-corrected chi connectivity index (χ4v) is 4.09. The van der Waals surface area contributed by atoms with Gasteiger partial charge in [0.1, 0.15) is 5.75 Å². The van der Waals surface area contributed by atoms with E-state index in [2.05, 4.69) is 19.2 Å². The molecule has 1 heterocycles. The summed E-state index contributed by atoms with van der Waals surface area (Å²) in [6.45, 7) is 6.60. The average molecular weight is 360 g/mol. The summed E-state index contributed by atoms with van der Waals surface area (Å²) >= 11 is 0. The van der Waals surface area contributed by atoms with Crippen molar-refractivity contribution in [1.82, 2.24) is 4.90 Å². The molecule has 1 saturated heterocycles. The van der Waals surface area contributed by atoms with Gasteiger partial charge in [-0.2, -0.15) is 0 Å². The Morgan fingerprint density at radius 3 is 2.62 bits per heavy atom. The first-order chi connectivity index (χ1) is 12.5. The smallest absolute Gasteiger partial charge is 0.239 e. The van der Waals surface area contributed by atoms with Gasteiger partial charge in [-0.15, -0.1) is 0 Å². The molecule has 26 heavy (non-hydrogen) atoms. The number of nitrogens with two attached hydrogens (primary N) is 1. The summed E-state index contributed by atoms with van der Waals surface area (Å²) in [5, 5.41) is 3.40. The largest absolute Gasteiger partial charge is 0.490 e. The van der Waals surface area contributed by atoms with Crippen LogP contribution in [0.1, 0.15) is 52.4 Å². The van der Waals surface area contributed by atoms with Crippen LogP contribution in [-0.2, 0) is 4.79 Å². The fourth-order valence-electron chi connectivity index (χ4n) is 4.09. The molecule has 0 bridgehead atoms. The van der Waals surface area contributed by atoms with Crippen LogP contribution in [0.3, 0.4) is 0 Å². The zero-order valence-corrected chi connectivity index (χ0v) is 16.2. The first kappa shape index (κ1) is 19.0. The van der Waals surface area contributed by atoms with Gasteiger partial charge in [0, 0.05) is 25.3 Å². The highest BCUT2D eigenvalue weighted by molar-refractivity contribution is 5.82. The molecule has 2 aliphatic rings. The van der Waals surface area contributed by atoms with Crippen molar-refractivity contribution in [3.05, 3.63) is 24.3 Å². The number of amides is 1. The Balaban J connectivity index is 1.47. The number of ether oxygens (including phenoxy) is 1. The second-order valence-corrected chi connectivity index (χ2v) is 8.21. The molecule has 0 spiro atoms. The van der Waals surface area contributed by atoms with Crippen molar-refractivity contribution in [3.63, 3.8) is 0 Å². The molecule has 2 atom stereocenters. The van der Waals surface area contributed by atoms with Crippen LogP contribution in [0.2, 0.25) is 0 Å². The number of carbonyl (C=O) groups excluding carboxylic acids is 1. The normalized spacial score (nSPS) is 27.0. The van der Waals surface area contributed by atoms with E-state index in [1.54, 1.807) is 0 Å². The lowest BCUT2D eigenvalue weighted by Crippen LogP contribution is -2.56. The van der Waals surface area contributed by atoms with Gasteiger partial charge in [-0.05, 0) is 68.2 Å². The van der Waals surface area contributed by atoms with Gasteiger partial charge in [0.15, 0.2) is 0 Å². The van der Waals surface area contributed by atoms with E-state index >= 15 is 0 Å². The minimum Gasteiger partial charge on any atom is -0.490 e. The van der Waals surface area contributed by atoms with Gasteiger partial charge in [0.2, 0.25) is 5.91 Å². The molecule has 2 fully saturated rings. The van der Waals surface area contributed by atoms with Crippen molar-refractivity contribution in [2.24, 2.45) is 11.1 Å². The summed E-state index contributed by atoms with van der Waals surface area (Å²) in [5.74, 6) is 1.02. The van der Waals surface area contributed by atoms with Crippen LogP contribution in [0.25, 0.3) is 0 Å². The van der Waals surface area contributed by atoms with Crippen LogP contribution in [0.4, 0.5) is 5.69 Å². The molecule has 1 amide bonds. The number of likely N-dealkylation sites (tertiary alicyclic amines) is 1. The van der Waals surface area contributed by atoms with Crippen molar-refractivity contribution in [1.29, 1.82) is 0 Å². The lowest BCUT2D eigenvalue weighted by Gasteiger charge is -2.42. The van der Waals surface area contributed by atoms with Crippen LogP contribution in [0, 0.1) is 5.41 Å². The number of piperidine rings is 1. The molecule has 1 aromatic carbocycles. The van der Waals surface area contributed by atoms with Crippen LogP contribution >= 0.6 is 0 Å². The van der Waals surface area contributed by atoms with Crippen LogP contribution in [0.5, 0.6) is 5.75 Å². The lowest BCUT2D eigenvalue weighted by atomic mass is 9.77. The summed E-state index contributed by atoms with van der Waals surface area (Å²) in [6.07, 6.45) is 7.11. The number of hydrogen-bond acceptors (Lipinski definition) is 4. The number of nitrogens with zero attached hydrogens (tertiary/aromatic N) is 1. The third kappa shape index (κ3) is 4.70. The monoisotopic (exact) mass is 359 g/mol. The summed E-state index contributed by atoms with van der Waals surface area (Å²) in [7, 11) is 0. The molecule has 1 aromatic rings. The highest BCUT2D eigenvalue weighted by Gasteiger charge is 2.38. The van der Waals surface area contributed by atoms with Gasteiger partial charge < -0.3 is 20.7 Å². The number of carbonyl (C=O) groups is 1. The van der Waals surface area contributed by atoms with Crippen molar-refractivity contribution >= 4 is 11.6 Å². The third-order valence-corrected chi connectivity index (χ3v) is 5.94. The van der Waals surface area contributed by atoms with E-state index in [-0.39, 0.29) is 17.4 Å². The number of rotatable bonds is 7. The molecule has 0 aromatic heterocycles. The predicted octanol–water partition coefficient (Wildman–Crippen LogP) is 3.40. The predicted molar refractivity (Wildman–Crippen MR) is 105 cm³/mol. The van der Waals surface area contributed by atoms with Crippen molar-refractivity contribution in [2.45, 2.75) is 64.5 Å². The van der Waals surface area contributed by atoms with E-state index in [1.165, 1.54) is 25.7 Å². The van der Waals surface area contributed by atoms with E-state index in [0.29, 0.717) is 12.6 Å². The maximum atomic E-state index is 12.3. The highest BCUT2D eigenvalue weighted by Crippen LogP contribution is 2.32. The number of hydrogen-bond donors (Lipinski definition) is 2. The van der Waals surface area contributed by atoms with Gasteiger partial charge in [-0.3, -0.25) is 4.79 Å². The molecule has 3 rings (SSSR count). The Morgan fingerprint density at radius 2 is 1.96 bits per heavy atom. The Bertz CT molecular complexity index is 598. The quantitative estimate of drug-likeness (QED) is 0.783. The molecule has 1 saturated carbocycles. The second-order valence-electron chi connectivity index (χ2n) is 8.21. The second kappa shape index (κ2) is 8.30. The van der Waals surface area contributed by atoms with Crippen LogP contribution < -0.4 is 15.8 Å². The van der Waals surface area contributed by atoms with E-state index in [9.17, 15) is 4.79 Å². The molecule has 3 N–H and O–H groups in total. The van der Waals surface area contributed by atoms with Crippen LogP contribution in [0.15, 0.2) is 24.3 Å². The minimum absolute atomic E-state index is 0.0815. The molecule has 0 radical (unpaired) electrons. The molecule has 5 nitrogen and oxygen atoms in total. The Labute approximate surface area is 157 Å². The van der Waals surface area contributed by atoms with Crippen LogP contribution in [-0.4, -0.2) is 42.6 Å². The fraction of sp³-hybridized carbons (Fsp3) is 0.667. The van der Waals surface area contributed by atoms with Gasteiger partial charge >= 0.3 is 0 Å². The first-order valence-corrected chi connectivity index (χ1v) is 10.0. The molecule has 1 aliphatic heterocycles. The number of benzene rings is 1. The molecule has 5 heteroatoms. The Morgan fingerprint density at radius 1 is 1.27 bits per heavy atom. The first-order valence-electron chi connectivity index (χ1n) is 10.0. The van der Waals surface area contributed by atoms with Crippen molar-refractivity contribution < 1.29 is 9.53 Å². The molecule has 144 valence electrons. The SMILES string of the molecule is CCC1(C)C[C@H](N)C(=O)N(CCNc2ccc(OC3CCCC3)cc2)C1. The molecule has 1 unspecified atom stereocenters. The van der Waals surface area contributed by atoms with E-state index in [0.717, 1.165) is 37.4 Å². The number of anilines is 1. The van der Waals surface area contributed by atoms with Crippen molar-refractivity contribution in [3.8, 4) is 5.75 Å². The summed E-state index contributed by atoms with van der Waals surface area (Å²) in [6, 6.07) is 7.78. The third-order valence-electron chi connectivity index (χ3n) is 5.94. The van der Waals surface area contributed by atoms with Gasteiger partial charge in [0.25, 0.3) is 0 Å². The zero-order chi connectivity index (χ0) is 18.6. The summed E-state index contributed by atoms with van der Waals surface area (Å²) in [4.78, 5) is 14.3. The number of nitrogens with one attached hydrogen (secondary N) is 1. The van der Waals surface area contributed by atoms with E-state index < -0.39 is 0 Å².